The Morgan fingerprint density at radius 2 is 2.00 bits per heavy atom. The van der Waals surface area contributed by atoms with Crippen molar-refractivity contribution in [2.75, 3.05) is 5.32 Å². The molecule has 0 aliphatic heterocycles. The van der Waals surface area contributed by atoms with E-state index < -0.39 is 5.82 Å². The monoisotopic (exact) mass is 420 g/mol. The maximum Gasteiger partial charge on any atom is 0.184 e. The van der Waals surface area contributed by atoms with E-state index >= 15 is 0 Å². The highest BCUT2D eigenvalue weighted by Gasteiger charge is 2.60. The largest absolute Gasteiger partial charge is 0.365 e. The van der Waals surface area contributed by atoms with E-state index in [1.54, 1.807) is 12.4 Å². The molecular weight excluding hydrogens is 398 g/mol. The molecule has 2 N–H and O–H groups in total. The van der Waals surface area contributed by atoms with Crippen LogP contribution in [0.5, 0.6) is 0 Å². The zero-order valence-corrected chi connectivity index (χ0v) is 17.0. The molecule has 0 saturated heterocycles. The maximum absolute atomic E-state index is 14.7. The molecule has 158 valence electrons. The number of nitrogens with one attached hydrogen (secondary N) is 2. The van der Waals surface area contributed by atoms with Gasteiger partial charge in [0.25, 0.3) is 0 Å². The predicted molar refractivity (Wildman–Crippen MR) is 112 cm³/mol. The topological polar surface area (TPSA) is 70.9 Å². The normalized spacial score (nSPS) is 31.3. The Kier molecular flexibility index (Phi) is 3.42. The van der Waals surface area contributed by atoms with Crippen LogP contribution in [0.25, 0.3) is 27.9 Å². The molecular formula is C23H22F2N6. The second kappa shape index (κ2) is 6.02. The first-order valence-electron chi connectivity index (χ1n) is 11.0. The fourth-order valence-electron chi connectivity index (χ4n) is 6.55. The standard InChI is InChI=1S/C23H22F2N6/c1-10-12-2-3-13(15-7-14(12)15)19(10)28-23-20-18(25)4-5-31(20)30-22(29-23)17-9-27-21-16(17)6-11(24)8-26-21/h4-6,8-10,12-15,19H,2-3,7H2,1H3,(H,26,27)(H,28,29,30)/t10-,12+,13+,14-,15+,19+/m0/s1. The van der Waals surface area contributed by atoms with Crippen LogP contribution >= 0.6 is 0 Å². The number of aromatic nitrogens is 5. The number of H-pyrrole nitrogens is 1. The summed E-state index contributed by atoms with van der Waals surface area (Å²) in [5.74, 6) is 3.75. The molecule has 31 heavy (non-hydrogen) atoms. The van der Waals surface area contributed by atoms with E-state index in [0.29, 0.717) is 45.6 Å². The van der Waals surface area contributed by atoms with Gasteiger partial charge in [-0.05, 0) is 61.0 Å². The Morgan fingerprint density at radius 3 is 2.90 bits per heavy atom. The summed E-state index contributed by atoms with van der Waals surface area (Å²) in [6.45, 7) is 2.32. The second-order valence-corrected chi connectivity index (χ2v) is 9.49. The molecule has 2 bridgehead atoms. The second-order valence-electron chi connectivity index (χ2n) is 9.49. The van der Waals surface area contributed by atoms with E-state index in [1.165, 1.54) is 42.1 Å². The van der Waals surface area contributed by atoms with Crippen LogP contribution in [0.1, 0.15) is 26.2 Å². The molecule has 0 radical (unpaired) electrons. The number of nitrogens with zero attached hydrogens (tertiary/aromatic N) is 4. The van der Waals surface area contributed by atoms with Crippen LogP contribution in [-0.2, 0) is 0 Å². The van der Waals surface area contributed by atoms with Gasteiger partial charge in [-0.3, -0.25) is 0 Å². The van der Waals surface area contributed by atoms with Crippen molar-refractivity contribution >= 4 is 22.4 Å². The average Bonchev–Trinajstić information content (AvgIpc) is 3.35. The summed E-state index contributed by atoms with van der Waals surface area (Å²) in [5.41, 5.74) is 1.56. The fourth-order valence-corrected chi connectivity index (χ4v) is 6.55. The SMILES string of the molecule is C[C@H]1[C@H]2CC[C@H]([C@H]3C[C@H]32)[C@@H]1Nc1nc(-c2c[nH]c3ncc(F)cc23)nn2ccc(F)c12. The highest BCUT2D eigenvalue weighted by Crippen LogP contribution is 2.64. The third-order valence-corrected chi connectivity index (χ3v) is 8.03. The van der Waals surface area contributed by atoms with Gasteiger partial charge in [0, 0.05) is 29.4 Å². The van der Waals surface area contributed by atoms with Gasteiger partial charge in [-0.2, -0.15) is 0 Å². The van der Waals surface area contributed by atoms with Crippen molar-refractivity contribution in [3.63, 3.8) is 0 Å². The van der Waals surface area contributed by atoms with Crippen LogP contribution in [0.3, 0.4) is 0 Å². The average molecular weight is 420 g/mol. The molecule has 4 aliphatic rings. The number of hydrogen-bond donors (Lipinski definition) is 2. The quantitative estimate of drug-likeness (QED) is 0.506. The van der Waals surface area contributed by atoms with E-state index in [4.69, 9.17) is 4.98 Å². The molecule has 0 amide bonds. The van der Waals surface area contributed by atoms with Crippen molar-refractivity contribution in [1.29, 1.82) is 0 Å². The van der Waals surface area contributed by atoms with E-state index in [2.05, 4.69) is 27.3 Å². The lowest BCUT2D eigenvalue weighted by Gasteiger charge is -2.47. The minimum absolute atomic E-state index is 0.283. The zero-order valence-electron chi connectivity index (χ0n) is 17.0. The molecule has 0 aromatic carbocycles. The van der Waals surface area contributed by atoms with Crippen LogP contribution in [0.2, 0.25) is 0 Å². The Morgan fingerprint density at radius 1 is 1.16 bits per heavy atom. The molecule has 4 saturated carbocycles. The van der Waals surface area contributed by atoms with Crippen LogP contribution in [0, 0.1) is 41.2 Å². The smallest absolute Gasteiger partial charge is 0.184 e. The zero-order chi connectivity index (χ0) is 20.9. The molecule has 4 aromatic rings. The Bertz CT molecular complexity index is 1340. The van der Waals surface area contributed by atoms with Gasteiger partial charge in [-0.1, -0.05) is 6.92 Å². The first-order valence-corrected chi connectivity index (χ1v) is 11.0. The molecule has 0 spiro atoms. The number of rotatable bonds is 3. The molecule has 6 atom stereocenters. The number of aromatic amines is 1. The third-order valence-electron chi connectivity index (χ3n) is 8.03. The number of anilines is 1. The van der Waals surface area contributed by atoms with E-state index in [9.17, 15) is 8.78 Å². The Labute approximate surface area is 177 Å². The summed E-state index contributed by atoms with van der Waals surface area (Å²) in [5, 5.41) is 8.76. The minimum Gasteiger partial charge on any atom is -0.365 e. The van der Waals surface area contributed by atoms with Gasteiger partial charge in [0.05, 0.1) is 6.20 Å². The highest BCUT2D eigenvalue weighted by atomic mass is 19.1. The summed E-state index contributed by atoms with van der Waals surface area (Å²) >= 11 is 0. The van der Waals surface area contributed by atoms with Crippen molar-refractivity contribution in [2.45, 2.75) is 32.2 Å². The van der Waals surface area contributed by atoms with E-state index in [-0.39, 0.29) is 11.9 Å². The lowest BCUT2D eigenvalue weighted by atomic mass is 9.62. The lowest BCUT2D eigenvalue weighted by Crippen LogP contribution is -2.48. The van der Waals surface area contributed by atoms with Gasteiger partial charge >= 0.3 is 0 Å². The summed E-state index contributed by atoms with van der Waals surface area (Å²) in [6, 6.07) is 3.11. The van der Waals surface area contributed by atoms with Gasteiger partial charge < -0.3 is 10.3 Å². The molecule has 6 nitrogen and oxygen atoms in total. The van der Waals surface area contributed by atoms with Crippen molar-refractivity contribution in [1.82, 2.24) is 24.6 Å². The first kappa shape index (κ1) is 17.6. The maximum atomic E-state index is 14.7. The van der Waals surface area contributed by atoms with Gasteiger partial charge in [0.2, 0.25) is 0 Å². The molecule has 4 heterocycles. The molecule has 4 aliphatic carbocycles. The number of halogens is 2. The molecule has 8 rings (SSSR count). The molecule has 4 fully saturated rings. The fraction of sp³-hybridized carbons (Fsp3) is 0.435. The van der Waals surface area contributed by atoms with Gasteiger partial charge in [0.1, 0.15) is 17.0 Å². The molecule has 8 heteroatoms. The van der Waals surface area contributed by atoms with Crippen molar-refractivity contribution in [3.05, 3.63) is 42.4 Å². The van der Waals surface area contributed by atoms with E-state index in [0.717, 1.165) is 17.8 Å². The number of fused-ring (bicyclic) bond motifs is 4. The number of hydrogen-bond acceptors (Lipinski definition) is 4. The highest BCUT2D eigenvalue weighted by molar-refractivity contribution is 5.92. The minimum atomic E-state index is -0.425. The molecule has 0 unspecified atom stereocenters. The molecule has 4 aromatic heterocycles. The van der Waals surface area contributed by atoms with Crippen LogP contribution < -0.4 is 5.32 Å². The van der Waals surface area contributed by atoms with Crippen molar-refractivity contribution in [2.24, 2.45) is 29.6 Å². The van der Waals surface area contributed by atoms with Crippen molar-refractivity contribution < 1.29 is 8.78 Å². The summed E-state index contributed by atoms with van der Waals surface area (Å²) in [7, 11) is 0. The van der Waals surface area contributed by atoms with Gasteiger partial charge in [-0.25, -0.2) is 23.3 Å². The number of pyridine rings is 1. The lowest BCUT2D eigenvalue weighted by molar-refractivity contribution is 0.0806. The Hall–Kier alpha value is -3.03. The third kappa shape index (κ3) is 2.44. The van der Waals surface area contributed by atoms with Crippen LogP contribution in [-0.4, -0.2) is 30.6 Å². The van der Waals surface area contributed by atoms with Gasteiger partial charge in [0.15, 0.2) is 17.5 Å². The van der Waals surface area contributed by atoms with Crippen LogP contribution in [0.4, 0.5) is 14.6 Å². The summed E-state index contributed by atoms with van der Waals surface area (Å²) < 4.78 is 30.1. The van der Waals surface area contributed by atoms with Gasteiger partial charge in [-0.15, -0.1) is 5.10 Å². The van der Waals surface area contributed by atoms with Crippen LogP contribution in [0.15, 0.2) is 30.7 Å². The summed E-state index contributed by atoms with van der Waals surface area (Å²) in [4.78, 5) is 11.9. The predicted octanol–water partition coefficient (Wildman–Crippen LogP) is 4.64. The van der Waals surface area contributed by atoms with Crippen molar-refractivity contribution in [3.8, 4) is 11.4 Å². The first-order chi connectivity index (χ1) is 15.1. The van der Waals surface area contributed by atoms with E-state index in [1.807, 2.05) is 0 Å². The summed E-state index contributed by atoms with van der Waals surface area (Å²) in [6.07, 6.45) is 8.38. The Balaban J connectivity index is 1.36.